The summed E-state index contributed by atoms with van der Waals surface area (Å²) in [5.41, 5.74) is 3.15. The Morgan fingerprint density at radius 1 is 1.09 bits per heavy atom. The number of halogens is 4. The summed E-state index contributed by atoms with van der Waals surface area (Å²) < 4.78 is 58.5. The van der Waals surface area contributed by atoms with Gasteiger partial charge in [0.1, 0.15) is 29.2 Å². The van der Waals surface area contributed by atoms with E-state index in [0.717, 1.165) is 17.3 Å². The zero-order valence-corrected chi connectivity index (χ0v) is 18.7. The predicted molar refractivity (Wildman–Crippen MR) is 123 cm³/mol. The number of nitrogens with one attached hydrogen (secondary N) is 2. The predicted octanol–water partition coefficient (Wildman–Crippen LogP) is 5.17. The van der Waals surface area contributed by atoms with Gasteiger partial charge in [-0.2, -0.15) is 13.2 Å². The Labute approximate surface area is 198 Å². The van der Waals surface area contributed by atoms with Crippen molar-refractivity contribution in [2.24, 2.45) is 0 Å². The highest BCUT2D eigenvalue weighted by Crippen LogP contribution is 2.35. The molecule has 0 fully saturated rings. The fourth-order valence-corrected chi connectivity index (χ4v) is 4.37. The first-order valence-electron chi connectivity index (χ1n) is 10.9. The van der Waals surface area contributed by atoms with Crippen LogP contribution < -0.4 is 10.1 Å². The summed E-state index contributed by atoms with van der Waals surface area (Å²) in [6.45, 7) is 0.572. The lowest BCUT2D eigenvalue weighted by molar-refractivity contribution is -0.141. The number of aromatic nitrogens is 4. The molecule has 0 amide bonds. The second kappa shape index (κ2) is 9.10. The van der Waals surface area contributed by atoms with Crippen molar-refractivity contribution >= 4 is 16.6 Å². The highest BCUT2D eigenvalue weighted by molar-refractivity contribution is 5.94. The first kappa shape index (κ1) is 23.0. The highest BCUT2D eigenvalue weighted by Gasteiger charge is 2.32. The monoisotopic (exact) mass is 483 g/mol. The summed E-state index contributed by atoms with van der Waals surface area (Å²) in [7, 11) is 1.51. The number of hydrogen-bond donors (Lipinski definition) is 2. The molecule has 1 unspecified atom stereocenters. The largest absolute Gasteiger partial charge is 0.496 e. The van der Waals surface area contributed by atoms with Gasteiger partial charge in [0.05, 0.1) is 12.8 Å². The van der Waals surface area contributed by atoms with Crippen molar-refractivity contribution in [2.75, 3.05) is 13.7 Å². The molecule has 0 saturated carbocycles. The Balaban J connectivity index is 1.42. The Morgan fingerprint density at radius 2 is 1.94 bits per heavy atom. The molecule has 0 radical (unpaired) electrons. The standard InChI is InChI=1S/C25H21F4N5O/c1-35-21-3-2-16(26)11-18(21)23-19-12-20(34-24(19)33-13-32-23)15-5-7-30-17(10-15)8-14-4-6-31-22(9-14)25(27,28)29/h2-6,9,11-13,17,30H,7-8,10H2,1H3,(H,32,33,34). The lowest BCUT2D eigenvalue weighted by Gasteiger charge is -2.24. The van der Waals surface area contributed by atoms with Crippen molar-refractivity contribution in [2.45, 2.75) is 25.1 Å². The van der Waals surface area contributed by atoms with Crippen LogP contribution in [0.1, 0.15) is 23.4 Å². The van der Waals surface area contributed by atoms with Crippen molar-refractivity contribution in [1.29, 1.82) is 0 Å². The quantitative estimate of drug-likeness (QED) is 0.383. The molecule has 4 aromatic rings. The van der Waals surface area contributed by atoms with Crippen molar-refractivity contribution in [3.63, 3.8) is 0 Å². The van der Waals surface area contributed by atoms with Crippen LogP contribution in [-0.2, 0) is 12.6 Å². The van der Waals surface area contributed by atoms with E-state index in [1.54, 1.807) is 12.1 Å². The Hall–Kier alpha value is -3.79. The molecule has 0 aliphatic carbocycles. The number of H-pyrrole nitrogens is 1. The molecule has 3 aromatic heterocycles. The smallest absolute Gasteiger partial charge is 0.433 e. The van der Waals surface area contributed by atoms with Crippen LogP contribution in [0.3, 0.4) is 0 Å². The molecule has 180 valence electrons. The number of nitrogens with zero attached hydrogens (tertiary/aromatic N) is 3. The number of pyridine rings is 1. The molecule has 1 aliphatic rings. The molecule has 0 bridgehead atoms. The van der Waals surface area contributed by atoms with E-state index >= 15 is 0 Å². The van der Waals surface area contributed by atoms with Gasteiger partial charge in [0.25, 0.3) is 0 Å². The van der Waals surface area contributed by atoms with Crippen LogP contribution in [0.15, 0.2) is 55.0 Å². The van der Waals surface area contributed by atoms with Gasteiger partial charge in [-0.25, -0.2) is 14.4 Å². The average Bonchev–Trinajstić information content (AvgIpc) is 3.28. The van der Waals surface area contributed by atoms with Crippen molar-refractivity contribution in [1.82, 2.24) is 25.3 Å². The van der Waals surface area contributed by atoms with E-state index in [-0.39, 0.29) is 6.04 Å². The van der Waals surface area contributed by atoms with Gasteiger partial charge in [-0.15, -0.1) is 0 Å². The minimum atomic E-state index is -4.48. The molecule has 35 heavy (non-hydrogen) atoms. The maximum Gasteiger partial charge on any atom is 0.433 e. The van der Waals surface area contributed by atoms with E-state index in [1.165, 1.54) is 31.8 Å². The van der Waals surface area contributed by atoms with Crippen molar-refractivity contribution in [3.05, 3.63) is 77.8 Å². The van der Waals surface area contributed by atoms with Crippen LogP contribution in [0.5, 0.6) is 5.75 Å². The average molecular weight is 483 g/mol. The normalized spacial score (nSPS) is 16.4. The Bertz CT molecular complexity index is 1410. The van der Waals surface area contributed by atoms with Crippen LogP contribution >= 0.6 is 0 Å². The van der Waals surface area contributed by atoms with E-state index in [4.69, 9.17) is 4.74 Å². The number of alkyl halides is 3. The third-order valence-corrected chi connectivity index (χ3v) is 6.01. The van der Waals surface area contributed by atoms with Gasteiger partial charge < -0.3 is 15.0 Å². The van der Waals surface area contributed by atoms with Gasteiger partial charge >= 0.3 is 6.18 Å². The Kier molecular flexibility index (Phi) is 5.98. The van der Waals surface area contributed by atoms with E-state index in [0.29, 0.717) is 53.0 Å². The van der Waals surface area contributed by atoms with Crippen LogP contribution in [0.2, 0.25) is 0 Å². The first-order chi connectivity index (χ1) is 16.8. The van der Waals surface area contributed by atoms with Gasteiger partial charge in [-0.3, -0.25) is 4.98 Å². The molecule has 5 rings (SSSR count). The first-order valence-corrected chi connectivity index (χ1v) is 10.9. The minimum absolute atomic E-state index is 0.0567. The molecule has 10 heteroatoms. The summed E-state index contributed by atoms with van der Waals surface area (Å²) in [6.07, 6.45) is 1.18. The minimum Gasteiger partial charge on any atom is -0.496 e. The van der Waals surface area contributed by atoms with Crippen molar-refractivity contribution in [3.8, 4) is 17.0 Å². The molecule has 2 N–H and O–H groups in total. The SMILES string of the molecule is COc1ccc(F)cc1-c1ncnc2[nH]c(C3=CCNC(Cc4ccnc(C(F)(F)F)c4)C3)cc12. The number of methoxy groups -OCH3 is 1. The van der Waals surface area contributed by atoms with Crippen LogP contribution in [0, 0.1) is 5.82 Å². The maximum absolute atomic E-state index is 14.0. The summed E-state index contributed by atoms with van der Waals surface area (Å²) in [5.74, 6) is 0.0860. The lowest BCUT2D eigenvalue weighted by atomic mass is 9.94. The van der Waals surface area contributed by atoms with Gasteiger partial charge in [-0.05, 0) is 60.4 Å². The summed E-state index contributed by atoms with van der Waals surface area (Å²) in [6, 6.07) is 8.80. The fraction of sp³-hybridized carbons (Fsp3) is 0.240. The molecule has 1 aromatic carbocycles. The van der Waals surface area contributed by atoms with Gasteiger partial charge in [0, 0.05) is 35.4 Å². The molecule has 6 nitrogen and oxygen atoms in total. The van der Waals surface area contributed by atoms with Crippen LogP contribution in [0.25, 0.3) is 27.9 Å². The molecular formula is C25H21F4N5O. The highest BCUT2D eigenvalue weighted by atomic mass is 19.4. The summed E-state index contributed by atoms with van der Waals surface area (Å²) in [5, 5.41) is 4.05. The van der Waals surface area contributed by atoms with E-state index in [1.807, 2.05) is 12.1 Å². The van der Waals surface area contributed by atoms with Crippen molar-refractivity contribution < 1.29 is 22.3 Å². The number of rotatable bonds is 5. The van der Waals surface area contributed by atoms with E-state index in [2.05, 4.69) is 25.3 Å². The number of aromatic amines is 1. The van der Waals surface area contributed by atoms with Crippen LogP contribution in [-0.4, -0.2) is 39.6 Å². The molecule has 0 saturated heterocycles. The number of ether oxygens (including phenoxy) is 1. The summed E-state index contributed by atoms with van der Waals surface area (Å²) >= 11 is 0. The third kappa shape index (κ3) is 4.74. The molecule has 0 spiro atoms. The number of fused-ring (bicyclic) bond motifs is 1. The van der Waals surface area contributed by atoms with E-state index in [9.17, 15) is 17.6 Å². The maximum atomic E-state index is 14.0. The second-order valence-electron chi connectivity index (χ2n) is 8.30. The number of benzene rings is 1. The van der Waals surface area contributed by atoms with Crippen LogP contribution in [0.4, 0.5) is 17.6 Å². The van der Waals surface area contributed by atoms with Gasteiger partial charge in [0.2, 0.25) is 0 Å². The van der Waals surface area contributed by atoms with Gasteiger partial charge in [0.15, 0.2) is 0 Å². The molecular weight excluding hydrogens is 462 g/mol. The topological polar surface area (TPSA) is 75.7 Å². The second-order valence-corrected chi connectivity index (χ2v) is 8.30. The molecule has 4 heterocycles. The van der Waals surface area contributed by atoms with Gasteiger partial charge in [-0.1, -0.05) is 6.08 Å². The number of hydrogen-bond acceptors (Lipinski definition) is 5. The lowest BCUT2D eigenvalue weighted by Crippen LogP contribution is -2.34. The summed E-state index contributed by atoms with van der Waals surface area (Å²) in [4.78, 5) is 15.4. The Morgan fingerprint density at radius 3 is 2.74 bits per heavy atom. The fourth-order valence-electron chi connectivity index (χ4n) is 4.37. The molecule has 1 aliphatic heterocycles. The zero-order chi connectivity index (χ0) is 24.6. The van der Waals surface area contributed by atoms with E-state index < -0.39 is 17.7 Å². The zero-order valence-electron chi connectivity index (χ0n) is 18.7. The third-order valence-electron chi connectivity index (χ3n) is 6.01. The molecule has 1 atom stereocenters.